The van der Waals surface area contributed by atoms with E-state index in [-0.39, 0.29) is 18.3 Å². The third-order valence-corrected chi connectivity index (χ3v) is 3.15. The fourth-order valence-electron chi connectivity index (χ4n) is 1.97. The highest BCUT2D eigenvalue weighted by molar-refractivity contribution is 5.92. The van der Waals surface area contributed by atoms with E-state index < -0.39 is 0 Å². The van der Waals surface area contributed by atoms with Crippen LogP contribution >= 0.6 is 0 Å². The van der Waals surface area contributed by atoms with Gasteiger partial charge in [-0.25, -0.2) is 4.39 Å². The lowest BCUT2D eigenvalue weighted by Crippen LogP contribution is -2.20. The molecule has 120 valence electrons. The molecule has 0 atom stereocenters. The third-order valence-electron chi connectivity index (χ3n) is 3.15. The minimum absolute atomic E-state index is 0.242. The number of nitrogens with one attached hydrogen (secondary N) is 1. The summed E-state index contributed by atoms with van der Waals surface area (Å²) in [5.41, 5.74) is 1.58. The monoisotopic (exact) mass is 317 g/mol. The number of amides is 1. The van der Waals surface area contributed by atoms with Crippen molar-refractivity contribution in [3.63, 3.8) is 0 Å². The first-order valence-corrected chi connectivity index (χ1v) is 6.85. The standard InChI is InChI=1S/C17H16FNO4/c1-11-7-13(18)4-5-14(11)19-17(21)10-23-15-6-3-12(9-20)8-16(15)22-2/h3-9H,10H2,1-2H3,(H,19,21). The molecule has 0 aliphatic carbocycles. The van der Waals surface area contributed by atoms with E-state index in [2.05, 4.69) is 5.32 Å². The predicted octanol–water partition coefficient (Wildman–Crippen LogP) is 2.97. The second-order valence-corrected chi connectivity index (χ2v) is 4.82. The van der Waals surface area contributed by atoms with E-state index in [4.69, 9.17) is 9.47 Å². The smallest absolute Gasteiger partial charge is 0.262 e. The number of aldehydes is 1. The average Bonchev–Trinajstić information content (AvgIpc) is 2.55. The van der Waals surface area contributed by atoms with Crippen molar-refractivity contribution < 1.29 is 23.5 Å². The predicted molar refractivity (Wildman–Crippen MR) is 83.6 cm³/mol. The molecule has 6 heteroatoms. The van der Waals surface area contributed by atoms with Crippen molar-refractivity contribution in [3.05, 3.63) is 53.3 Å². The molecule has 5 nitrogen and oxygen atoms in total. The van der Waals surface area contributed by atoms with Gasteiger partial charge in [0.1, 0.15) is 12.1 Å². The quantitative estimate of drug-likeness (QED) is 0.832. The van der Waals surface area contributed by atoms with Gasteiger partial charge in [-0.1, -0.05) is 0 Å². The molecule has 0 bridgehead atoms. The topological polar surface area (TPSA) is 64.6 Å². The van der Waals surface area contributed by atoms with Crippen LogP contribution in [0.3, 0.4) is 0 Å². The Morgan fingerprint density at radius 1 is 1.22 bits per heavy atom. The molecule has 2 aromatic rings. The molecule has 23 heavy (non-hydrogen) atoms. The first-order chi connectivity index (χ1) is 11.0. The highest BCUT2D eigenvalue weighted by Crippen LogP contribution is 2.27. The van der Waals surface area contributed by atoms with Crippen LogP contribution in [0.4, 0.5) is 10.1 Å². The summed E-state index contributed by atoms with van der Waals surface area (Å²) < 4.78 is 23.5. The molecule has 0 fully saturated rings. The summed E-state index contributed by atoms with van der Waals surface area (Å²) >= 11 is 0. The van der Waals surface area contributed by atoms with Gasteiger partial charge in [0.25, 0.3) is 5.91 Å². The van der Waals surface area contributed by atoms with E-state index in [0.29, 0.717) is 34.6 Å². The molecule has 0 spiro atoms. The Hall–Kier alpha value is -2.89. The first-order valence-electron chi connectivity index (χ1n) is 6.85. The number of carbonyl (C=O) groups excluding carboxylic acids is 2. The van der Waals surface area contributed by atoms with Crippen LogP contribution in [0.5, 0.6) is 11.5 Å². The van der Waals surface area contributed by atoms with E-state index in [1.807, 2.05) is 0 Å². The molecule has 1 amide bonds. The van der Waals surface area contributed by atoms with Gasteiger partial charge in [-0.15, -0.1) is 0 Å². The Bertz CT molecular complexity index is 731. The molecule has 0 saturated heterocycles. The molecule has 1 N–H and O–H groups in total. The highest BCUT2D eigenvalue weighted by Gasteiger charge is 2.10. The second kappa shape index (κ2) is 7.40. The minimum Gasteiger partial charge on any atom is -0.493 e. The molecule has 0 aliphatic rings. The van der Waals surface area contributed by atoms with Crippen molar-refractivity contribution in [2.75, 3.05) is 19.0 Å². The fraction of sp³-hybridized carbons (Fsp3) is 0.176. The highest BCUT2D eigenvalue weighted by atomic mass is 19.1. The lowest BCUT2D eigenvalue weighted by molar-refractivity contribution is -0.118. The van der Waals surface area contributed by atoms with Gasteiger partial charge < -0.3 is 14.8 Å². The zero-order valence-electron chi connectivity index (χ0n) is 12.8. The zero-order chi connectivity index (χ0) is 16.8. The SMILES string of the molecule is COc1cc(C=O)ccc1OCC(=O)Nc1ccc(F)cc1C. The number of benzene rings is 2. The zero-order valence-corrected chi connectivity index (χ0v) is 12.8. The van der Waals surface area contributed by atoms with Crippen LogP contribution in [-0.4, -0.2) is 25.9 Å². The first kappa shape index (κ1) is 16.5. The van der Waals surface area contributed by atoms with E-state index >= 15 is 0 Å². The molecule has 0 aromatic heterocycles. The van der Waals surface area contributed by atoms with Crippen molar-refractivity contribution in [1.82, 2.24) is 0 Å². The minimum atomic E-state index is -0.388. The summed E-state index contributed by atoms with van der Waals surface area (Å²) in [5.74, 6) is -0.0394. The van der Waals surface area contributed by atoms with Gasteiger partial charge in [0.2, 0.25) is 0 Å². The summed E-state index contributed by atoms with van der Waals surface area (Å²) in [5, 5.41) is 2.64. The lowest BCUT2D eigenvalue weighted by atomic mass is 10.2. The molecular formula is C17H16FNO4. The summed E-state index contributed by atoms with van der Waals surface area (Å²) in [7, 11) is 1.44. The Kier molecular flexibility index (Phi) is 5.30. The van der Waals surface area contributed by atoms with Crippen LogP contribution < -0.4 is 14.8 Å². The van der Waals surface area contributed by atoms with Crippen LogP contribution in [-0.2, 0) is 4.79 Å². The Morgan fingerprint density at radius 3 is 2.65 bits per heavy atom. The van der Waals surface area contributed by atoms with Crippen LogP contribution in [0, 0.1) is 12.7 Å². The largest absolute Gasteiger partial charge is 0.493 e. The van der Waals surface area contributed by atoms with Crippen molar-refractivity contribution in [1.29, 1.82) is 0 Å². The van der Waals surface area contributed by atoms with Crippen LogP contribution in [0.25, 0.3) is 0 Å². The summed E-state index contributed by atoms with van der Waals surface area (Å²) in [6.45, 7) is 1.45. The number of ether oxygens (including phenoxy) is 2. The van der Waals surface area contributed by atoms with Crippen LogP contribution in [0.1, 0.15) is 15.9 Å². The molecule has 0 saturated carbocycles. The van der Waals surface area contributed by atoms with Crippen LogP contribution in [0.15, 0.2) is 36.4 Å². The van der Waals surface area contributed by atoms with E-state index in [1.165, 1.54) is 31.4 Å². The lowest BCUT2D eigenvalue weighted by Gasteiger charge is -2.12. The Labute approximate surface area is 133 Å². The number of hydrogen-bond acceptors (Lipinski definition) is 4. The van der Waals surface area contributed by atoms with Gasteiger partial charge in [0, 0.05) is 11.3 Å². The Morgan fingerprint density at radius 2 is 2.00 bits per heavy atom. The summed E-state index contributed by atoms with van der Waals surface area (Å²) in [4.78, 5) is 22.6. The van der Waals surface area contributed by atoms with Crippen molar-refractivity contribution >= 4 is 17.9 Å². The molecule has 0 radical (unpaired) electrons. The van der Waals surface area contributed by atoms with E-state index in [1.54, 1.807) is 19.1 Å². The van der Waals surface area contributed by atoms with Gasteiger partial charge >= 0.3 is 0 Å². The van der Waals surface area contributed by atoms with Gasteiger partial charge in [-0.2, -0.15) is 0 Å². The second-order valence-electron chi connectivity index (χ2n) is 4.82. The maximum absolute atomic E-state index is 13.0. The number of rotatable bonds is 6. The number of carbonyl (C=O) groups is 2. The maximum Gasteiger partial charge on any atom is 0.262 e. The van der Waals surface area contributed by atoms with Gasteiger partial charge in [-0.3, -0.25) is 9.59 Å². The number of halogens is 1. The van der Waals surface area contributed by atoms with Crippen LogP contribution in [0.2, 0.25) is 0 Å². The average molecular weight is 317 g/mol. The molecule has 0 heterocycles. The molecular weight excluding hydrogens is 301 g/mol. The number of hydrogen-bond donors (Lipinski definition) is 1. The molecule has 2 rings (SSSR count). The molecule has 0 aliphatic heterocycles. The van der Waals surface area contributed by atoms with Crippen molar-refractivity contribution in [2.45, 2.75) is 6.92 Å². The number of methoxy groups -OCH3 is 1. The fourth-order valence-corrected chi connectivity index (χ4v) is 1.97. The summed E-state index contributed by atoms with van der Waals surface area (Å²) in [6, 6.07) is 8.72. The molecule has 0 unspecified atom stereocenters. The number of aryl methyl sites for hydroxylation is 1. The van der Waals surface area contributed by atoms with E-state index in [0.717, 1.165) is 0 Å². The van der Waals surface area contributed by atoms with Gasteiger partial charge in [-0.05, 0) is 48.9 Å². The normalized spacial score (nSPS) is 10.0. The maximum atomic E-state index is 13.0. The number of anilines is 1. The van der Waals surface area contributed by atoms with Crippen molar-refractivity contribution in [2.24, 2.45) is 0 Å². The van der Waals surface area contributed by atoms with Crippen molar-refractivity contribution in [3.8, 4) is 11.5 Å². The van der Waals surface area contributed by atoms with Gasteiger partial charge in [0.15, 0.2) is 18.1 Å². The van der Waals surface area contributed by atoms with Gasteiger partial charge in [0.05, 0.1) is 7.11 Å². The van der Waals surface area contributed by atoms with E-state index in [9.17, 15) is 14.0 Å². The third kappa shape index (κ3) is 4.29. The molecule has 2 aromatic carbocycles. The Balaban J connectivity index is 2.00. The summed E-state index contributed by atoms with van der Waals surface area (Å²) in [6.07, 6.45) is 0.691.